The molecule has 29 heavy (non-hydrogen) atoms. The van der Waals surface area contributed by atoms with Crippen molar-refractivity contribution >= 4 is 34.3 Å². The number of aromatic nitrogens is 2. The Balaban J connectivity index is 1.39. The lowest BCUT2D eigenvalue weighted by atomic mass is 9.42. The molecule has 1 aromatic heterocycles. The molecule has 154 valence electrons. The Labute approximate surface area is 181 Å². The van der Waals surface area contributed by atoms with Crippen molar-refractivity contribution in [3.63, 3.8) is 0 Å². The van der Waals surface area contributed by atoms with Gasteiger partial charge in [-0.1, -0.05) is 48.5 Å². The van der Waals surface area contributed by atoms with Crippen molar-refractivity contribution in [3.8, 4) is 0 Å². The van der Waals surface area contributed by atoms with E-state index in [-0.39, 0.29) is 16.7 Å². The van der Waals surface area contributed by atoms with Crippen molar-refractivity contribution in [2.75, 3.05) is 11.1 Å². The second kappa shape index (κ2) is 7.38. The summed E-state index contributed by atoms with van der Waals surface area (Å²) in [6, 6.07) is 9.10. The maximum absolute atomic E-state index is 13.5. The average Bonchev–Trinajstić information content (AvgIpc) is 3.13. The number of nitrogens with one attached hydrogen (secondary N) is 1. The van der Waals surface area contributed by atoms with Gasteiger partial charge in [0.25, 0.3) is 0 Å². The van der Waals surface area contributed by atoms with Gasteiger partial charge in [-0.05, 0) is 74.7 Å². The Hall–Kier alpha value is -1.40. The quantitative estimate of drug-likeness (QED) is 0.590. The molecule has 4 fully saturated rings. The molecule has 0 saturated heterocycles. The van der Waals surface area contributed by atoms with Crippen LogP contribution in [-0.2, 0) is 10.2 Å². The summed E-state index contributed by atoms with van der Waals surface area (Å²) in [6.45, 7) is 4.30. The lowest BCUT2D eigenvalue weighted by Crippen LogP contribution is -2.57. The molecule has 2 aromatic rings. The molecule has 4 bridgehead atoms. The number of hydrogen-bond donors (Lipinski definition) is 1. The number of nitrogens with zero attached hydrogens (tertiary/aromatic N) is 2. The van der Waals surface area contributed by atoms with Gasteiger partial charge in [0.1, 0.15) is 0 Å². The van der Waals surface area contributed by atoms with Crippen LogP contribution in [0.5, 0.6) is 0 Å². The number of carbonyl (C=O) groups excluding carboxylic acids is 1. The third-order valence-electron chi connectivity index (χ3n) is 7.27. The van der Waals surface area contributed by atoms with Gasteiger partial charge in [0.05, 0.1) is 5.41 Å². The minimum absolute atomic E-state index is 0.179. The fourth-order valence-corrected chi connectivity index (χ4v) is 7.91. The van der Waals surface area contributed by atoms with Crippen molar-refractivity contribution < 1.29 is 4.79 Å². The predicted octanol–water partition coefficient (Wildman–Crippen LogP) is 5.83. The molecule has 4 atom stereocenters. The van der Waals surface area contributed by atoms with Gasteiger partial charge in [0.2, 0.25) is 16.2 Å². The van der Waals surface area contributed by atoms with Gasteiger partial charge in [0.15, 0.2) is 0 Å². The molecule has 4 aliphatic rings. The Morgan fingerprint density at radius 2 is 1.93 bits per heavy atom. The molecular formula is C23H29N3OS2. The van der Waals surface area contributed by atoms with Crippen molar-refractivity contribution in [1.82, 2.24) is 9.36 Å². The van der Waals surface area contributed by atoms with E-state index < -0.39 is 0 Å². The van der Waals surface area contributed by atoms with Gasteiger partial charge in [-0.25, -0.2) is 0 Å². The zero-order chi connectivity index (χ0) is 20.1. The SMILES string of the molecule is CCCSc1nsc(NC(=O)C23C[C@H]4C[C@@H](C2)CC(c2ccc(C)cc2)(C4)C3)n1. The molecular weight excluding hydrogens is 398 g/mol. The lowest BCUT2D eigenvalue weighted by molar-refractivity contribution is -0.143. The standard InChI is InChI=1S/C23H29N3OS2/c1-3-8-28-21-25-20(29-26-21)24-19(27)23-12-16-9-17(13-23)11-22(10-16,14-23)18-6-4-15(2)5-7-18/h4-7,16-17H,3,8-14H2,1-2H3,(H,24,25,26,27)/t16-,17+,22?,23?. The summed E-state index contributed by atoms with van der Waals surface area (Å²) in [5.41, 5.74) is 2.69. The van der Waals surface area contributed by atoms with E-state index in [0.717, 1.165) is 36.6 Å². The number of thioether (sulfide) groups is 1. The normalized spacial score (nSPS) is 32.5. The summed E-state index contributed by atoms with van der Waals surface area (Å²) in [6.07, 6.45) is 7.96. The third-order valence-corrected chi connectivity index (χ3v) is 9.07. The molecule has 1 heterocycles. The first kappa shape index (κ1) is 19.6. The first-order chi connectivity index (χ1) is 14.0. The number of aryl methyl sites for hydroxylation is 1. The fourth-order valence-electron chi connectivity index (χ4n) is 6.52. The van der Waals surface area contributed by atoms with Crippen LogP contribution in [0.15, 0.2) is 29.4 Å². The van der Waals surface area contributed by atoms with Crippen molar-refractivity contribution in [3.05, 3.63) is 35.4 Å². The average molecular weight is 428 g/mol. The zero-order valence-corrected chi connectivity index (χ0v) is 18.9. The topological polar surface area (TPSA) is 54.9 Å². The van der Waals surface area contributed by atoms with Crippen LogP contribution in [0.1, 0.15) is 63.0 Å². The molecule has 4 saturated carbocycles. The maximum atomic E-state index is 13.5. The highest BCUT2D eigenvalue weighted by atomic mass is 32.2. The van der Waals surface area contributed by atoms with Crippen LogP contribution in [-0.4, -0.2) is 21.0 Å². The van der Waals surface area contributed by atoms with E-state index in [1.807, 2.05) is 0 Å². The fraction of sp³-hybridized carbons (Fsp3) is 0.609. The second-order valence-electron chi connectivity index (χ2n) is 9.57. The third kappa shape index (κ3) is 3.52. The molecule has 6 heteroatoms. The van der Waals surface area contributed by atoms with Crippen molar-refractivity contribution in [1.29, 1.82) is 0 Å². The number of amides is 1. The van der Waals surface area contributed by atoms with E-state index >= 15 is 0 Å². The summed E-state index contributed by atoms with van der Waals surface area (Å²) in [7, 11) is 0. The number of rotatable bonds is 6. The minimum Gasteiger partial charge on any atom is -0.300 e. The molecule has 4 nitrogen and oxygen atoms in total. The number of benzene rings is 1. The first-order valence-corrected chi connectivity index (χ1v) is 12.6. The largest absolute Gasteiger partial charge is 0.300 e. The van der Waals surface area contributed by atoms with E-state index in [1.165, 1.54) is 41.9 Å². The van der Waals surface area contributed by atoms with Crippen molar-refractivity contribution in [2.45, 2.75) is 69.4 Å². The van der Waals surface area contributed by atoms with Gasteiger partial charge in [0, 0.05) is 17.3 Å². The van der Waals surface area contributed by atoms with Crippen LogP contribution in [0.2, 0.25) is 0 Å². The molecule has 0 radical (unpaired) electrons. The molecule has 2 unspecified atom stereocenters. The van der Waals surface area contributed by atoms with Crippen LogP contribution in [0.3, 0.4) is 0 Å². The predicted molar refractivity (Wildman–Crippen MR) is 120 cm³/mol. The summed E-state index contributed by atoms with van der Waals surface area (Å²) < 4.78 is 4.40. The lowest BCUT2D eigenvalue weighted by Gasteiger charge is -2.61. The highest BCUT2D eigenvalue weighted by Crippen LogP contribution is 2.66. The summed E-state index contributed by atoms with van der Waals surface area (Å²) in [5, 5.41) is 4.61. The molecule has 4 aliphatic carbocycles. The Kier molecular flexibility index (Phi) is 4.98. The monoisotopic (exact) mass is 427 g/mol. The molecule has 1 amide bonds. The van der Waals surface area contributed by atoms with E-state index in [1.54, 1.807) is 11.8 Å². The van der Waals surface area contributed by atoms with Crippen molar-refractivity contribution in [2.24, 2.45) is 17.3 Å². The van der Waals surface area contributed by atoms with Crippen LogP contribution in [0.4, 0.5) is 5.13 Å². The van der Waals surface area contributed by atoms with Crippen LogP contribution in [0.25, 0.3) is 0 Å². The molecule has 0 spiro atoms. The number of hydrogen-bond acceptors (Lipinski definition) is 5. The summed E-state index contributed by atoms with van der Waals surface area (Å²) in [4.78, 5) is 18.1. The van der Waals surface area contributed by atoms with Crippen LogP contribution >= 0.6 is 23.3 Å². The number of anilines is 1. The van der Waals surface area contributed by atoms with Gasteiger partial charge in [-0.3, -0.25) is 4.79 Å². The second-order valence-corrected chi connectivity index (χ2v) is 11.4. The number of carbonyl (C=O) groups is 1. The molecule has 0 aliphatic heterocycles. The maximum Gasteiger partial charge on any atom is 0.232 e. The van der Waals surface area contributed by atoms with Crippen LogP contribution in [0, 0.1) is 24.2 Å². The Morgan fingerprint density at radius 1 is 1.21 bits per heavy atom. The zero-order valence-electron chi connectivity index (χ0n) is 17.2. The van der Waals surface area contributed by atoms with E-state index in [2.05, 4.69) is 52.8 Å². The molecule has 1 N–H and O–H groups in total. The highest BCUT2D eigenvalue weighted by Gasteiger charge is 2.61. The van der Waals surface area contributed by atoms with Gasteiger partial charge < -0.3 is 5.32 Å². The minimum atomic E-state index is -0.239. The Morgan fingerprint density at radius 3 is 2.62 bits per heavy atom. The molecule has 6 rings (SSSR count). The smallest absolute Gasteiger partial charge is 0.232 e. The summed E-state index contributed by atoms with van der Waals surface area (Å²) in [5.74, 6) is 2.55. The highest BCUT2D eigenvalue weighted by molar-refractivity contribution is 7.99. The first-order valence-electron chi connectivity index (χ1n) is 10.9. The molecule has 1 aromatic carbocycles. The Bertz CT molecular complexity index is 893. The summed E-state index contributed by atoms with van der Waals surface area (Å²) >= 11 is 2.98. The van der Waals surface area contributed by atoms with Gasteiger partial charge in [-0.2, -0.15) is 9.36 Å². The van der Waals surface area contributed by atoms with E-state index in [9.17, 15) is 4.79 Å². The van der Waals surface area contributed by atoms with E-state index in [4.69, 9.17) is 0 Å². The van der Waals surface area contributed by atoms with Crippen LogP contribution < -0.4 is 5.32 Å². The van der Waals surface area contributed by atoms with Gasteiger partial charge in [-0.15, -0.1) is 0 Å². The van der Waals surface area contributed by atoms with E-state index in [0.29, 0.717) is 17.0 Å². The van der Waals surface area contributed by atoms with Gasteiger partial charge >= 0.3 is 0 Å².